The summed E-state index contributed by atoms with van der Waals surface area (Å²) in [6.45, 7) is 0.473. The molecule has 8 nitrogen and oxygen atoms in total. The van der Waals surface area contributed by atoms with E-state index < -0.39 is 0 Å². The molecular formula is C22H27N5O3. The van der Waals surface area contributed by atoms with Crippen molar-refractivity contribution < 1.29 is 14.3 Å². The first-order chi connectivity index (χ1) is 14.7. The van der Waals surface area contributed by atoms with E-state index in [9.17, 15) is 4.79 Å². The van der Waals surface area contributed by atoms with Gasteiger partial charge in [0.1, 0.15) is 22.8 Å². The molecule has 2 heterocycles. The second-order valence-electron chi connectivity index (χ2n) is 7.38. The number of urea groups is 1. The highest BCUT2D eigenvalue weighted by Gasteiger charge is 2.23. The topological polar surface area (TPSA) is 90.3 Å². The van der Waals surface area contributed by atoms with Crippen molar-refractivity contribution in [3.8, 4) is 11.5 Å². The standard InChI is InChI=1S/C22H27N5O3/c1-29-16-9-10-17(19(14-16)30-2)26-22(28)24-13-11-20-25-18-8-5-12-23-21(18)27(20)15-6-3-4-7-15/h5,8-10,12,14-15H,3-4,6-7,11,13H2,1-2H3,(H2,24,26,28). The third kappa shape index (κ3) is 4.17. The highest BCUT2D eigenvalue weighted by Crippen LogP contribution is 2.33. The number of carbonyl (C=O) groups is 1. The van der Waals surface area contributed by atoms with Crippen LogP contribution in [0.15, 0.2) is 36.5 Å². The Bertz CT molecular complexity index is 1030. The molecule has 0 aliphatic heterocycles. The minimum absolute atomic E-state index is 0.292. The third-order valence-electron chi connectivity index (χ3n) is 5.50. The molecule has 0 atom stereocenters. The lowest BCUT2D eigenvalue weighted by atomic mass is 10.2. The van der Waals surface area contributed by atoms with Crippen molar-refractivity contribution >= 4 is 22.9 Å². The molecule has 30 heavy (non-hydrogen) atoms. The average Bonchev–Trinajstić information content (AvgIpc) is 3.41. The Kier molecular flexibility index (Phi) is 6.02. The van der Waals surface area contributed by atoms with Crippen molar-refractivity contribution in [3.63, 3.8) is 0 Å². The summed E-state index contributed by atoms with van der Waals surface area (Å²) in [5.74, 6) is 2.17. The van der Waals surface area contributed by atoms with E-state index in [2.05, 4.69) is 20.2 Å². The molecule has 0 radical (unpaired) electrons. The number of hydrogen-bond acceptors (Lipinski definition) is 5. The fourth-order valence-electron chi connectivity index (χ4n) is 4.06. The smallest absolute Gasteiger partial charge is 0.319 e. The summed E-state index contributed by atoms with van der Waals surface area (Å²) in [5, 5.41) is 5.74. The Labute approximate surface area is 175 Å². The highest BCUT2D eigenvalue weighted by atomic mass is 16.5. The van der Waals surface area contributed by atoms with Crippen molar-refractivity contribution in [1.29, 1.82) is 0 Å². The summed E-state index contributed by atoms with van der Waals surface area (Å²) in [4.78, 5) is 21.7. The number of nitrogens with one attached hydrogen (secondary N) is 2. The third-order valence-corrected chi connectivity index (χ3v) is 5.50. The number of benzene rings is 1. The number of rotatable bonds is 7. The number of carbonyl (C=O) groups excluding carboxylic acids is 1. The largest absolute Gasteiger partial charge is 0.497 e. The van der Waals surface area contributed by atoms with E-state index in [0.29, 0.717) is 36.2 Å². The summed E-state index contributed by atoms with van der Waals surface area (Å²) in [7, 11) is 3.14. The number of nitrogens with zero attached hydrogens (tertiary/aromatic N) is 3. The normalized spacial score (nSPS) is 14.1. The van der Waals surface area contributed by atoms with Crippen LogP contribution in [0.5, 0.6) is 11.5 Å². The van der Waals surface area contributed by atoms with Gasteiger partial charge in [0.25, 0.3) is 0 Å². The van der Waals surface area contributed by atoms with Gasteiger partial charge in [-0.1, -0.05) is 12.8 Å². The van der Waals surface area contributed by atoms with Crippen LogP contribution in [-0.2, 0) is 6.42 Å². The van der Waals surface area contributed by atoms with E-state index in [4.69, 9.17) is 14.5 Å². The Morgan fingerprint density at radius 1 is 1.20 bits per heavy atom. The Balaban J connectivity index is 1.41. The summed E-state index contributed by atoms with van der Waals surface area (Å²) in [6.07, 6.45) is 7.23. The molecule has 1 saturated carbocycles. The number of pyridine rings is 1. The Morgan fingerprint density at radius 2 is 2.03 bits per heavy atom. The molecule has 2 N–H and O–H groups in total. The van der Waals surface area contributed by atoms with Gasteiger partial charge in [0.2, 0.25) is 0 Å². The molecule has 2 amide bonds. The van der Waals surface area contributed by atoms with Crippen molar-refractivity contribution in [3.05, 3.63) is 42.4 Å². The van der Waals surface area contributed by atoms with Crippen molar-refractivity contribution in [1.82, 2.24) is 19.9 Å². The number of hydrogen-bond donors (Lipinski definition) is 2. The van der Waals surface area contributed by atoms with Gasteiger partial charge < -0.3 is 24.7 Å². The van der Waals surface area contributed by atoms with Crippen LogP contribution >= 0.6 is 0 Å². The van der Waals surface area contributed by atoms with Gasteiger partial charge in [-0.2, -0.15) is 0 Å². The van der Waals surface area contributed by atoms with Gasteiger partial charge in [-0.25, -0.2) is 14.8 Å². The van der Waals surface area contributed by atoms with Crippen LogP contribution in [0.2, 0.25) is 0 Å². The van der Waals surface area contributed by atoms with Crippen LogP contribution in [-0.4, -0.2) is 41.3 Å². The van der Waals surface area contributed by atoms with E-state index in [1.807, 2.05) is 18.3 Å². The van der Waals surface area contributed by atoms with E-state index in [0.717, 1.165) is 29.8 Å². The number of anilines is 1. The van der Waals surface area contributed by atoms with E-state index in [1.54, 1.807) is 32.4 Å². The first-order valence-electron chi connectivity index (χ1n) is 10.3. The molecule has 158 valence electrons. The predicted molar refractivity (Wildman–Crippen MR) is 115 cm³/mol. The molecular weight excluding hydrogens is 382 g/mol. The molecule has 3 aromatic rings. The van der Waals surface area contributed by atoms with Gasteiger partial charge >= 0.3 is 6.03 Å². The van der Waals surface area contributed by atoms with E-state index >= 15 is 0 Å². The number of imidazole rings is 1. The molecule has 0 unspecified atom stereocenters. The highest BCUT2D eigenvalue weighted by molar-refractivity contribution is 5.91. The van der Waals surface area contributed by atoms with Crippen molar-refractivity contribution in [2.24, 2.45) is 0 Å². The fourth-order valence-corrected chi connectivity index (χ4v) is 4.06. The van der Waals surface area contributed by atoms with Crippen LogP contribution in [0, 0.1) is 0 Å². The molecule has 1 fully saturated rings. The van der Waals surface area contributed by atoms with Crippen molar-refractivity contribution in [2.45, 2.75) is 38.1 Å². The van der Waals surface area contributed by atoms with Gasteiger partial charge in [0, 0.05) is 31.3 Å². The zero-order chi connectivity index (χ0) is 20.9. The molecule has 1 aliphatic rings. The fraction of sp³-hybridized carbons (Fsp3) is 0.409. The van der Waals surface area contributed by atoms with Gasteiger partial charge in [0.15, 0.2) is 5.65 Å². The number of methoxy groups -OCH3 is 2. The minimum atomic E-state index is -0.292. The maximum atomic E-state index is 12.4. The first kappa shape index (κ1) is 20.0. The summed E-state index contributed by atoms with van der Waals surface area (Å²) in [5.41, 5.74) is 2.43. The Hall–Kier alpha value is -3.29. The summed E-state index contributed by atoms with van der Waals surface area (Å²) < 4.78 is 12.8. The lowest BCUT2D eigenvalue weighted by molar-refractivity contribution is 0.252. The number of ether oxygens (including phenoxy) is 2. The maximum Gasteiger partial charge on any atom is 0.319 e. The summed E-state index contributed by atoms with van der Waals surface area (Å²) in [6, 6.07) is 9.31. The zero-order valence-corrected chi connectivity index (χ0v) is 17.4. The van der Waals surface area contributed by atoms with Crippen molar-refractivity contribution in [2.75, 3.05) is 26.1 Å². The first-order valence-corrected chi connectivity index (χ1v) is 10.3. The van der Waals surface area contributed by atoms with Crippen LogP contribution in [0.3, 0.4) is 0 Å². The quantitative estimate of drug-likeness (QED) is 0.617. The lowest BCUT2D eigenvalue weighted by Crippen LogP contribution is -2.31. The zero-order valence-electron chi connectivity index (χ0n) is 17.4. The van der Waals surface area contributed by atoms with Crippen LogP contribution in [0.4, 0.5) is 10.5 Å². The lowest BCUT2D eigenvalue weighted by Gasteiger charge is -2.16. The molecule has 8 heteroatoms. The monoisotopic (exact) mass is 409 g/mol. The molecule has 0 spiro atoms. The second-order valence-corrected chi connectivity index (χ2v) is 7.38. The van der Waals surface area contributed by atoms with Gasteiger partial charge in [-0.15, -0.1) is 0 Å². The molecule has 0 bridgehead atoms. The predicted octanol–water partition coefficient (Wildman–Crippen LogP) is 3.93. The second kappa shape index (κ2) is 9.02. The Morgan fingerprint density at radius 3 is 2.80 bits per heavy atom. The van der Waals surface area contributed by atoms with Crippen LogP contribution < -0.4 is 20.1 Å². The number of amides is 2. The van der Waals surface area contributed by atoms with Gasteiger partial charge in [0.05, 0.1) is 19.9 Å². The van der Waals surface area contributed by atoms with Crippen LogP contribution in [0.1, 0.15) is 37.5 Å². The molecule has 4 rings (SSSR count). The molecule has 0 saturated heterocycles. The summed E-state index contributed by atoms with van der Waals surface area (Å²) >= 11 is 0. The molecule has 2 aromatic heterocycles. The number of fused-ring (bicyclic) bond motifs is 1. The number of aromatic nitrogens is 3. The SMILES string of the molecule is COc1ccc(NC(=O)NCCc2nc3cccnc3n2C2CCCC2)c(OC)c1. The maximum absolute atomic E-state index is 12.4. The molecule has 1 aromatic carbocycles. The van der Waals surface area contributed by atoms with Gasteiger partial charge in [-0.3, -0.25) is 0 Å². The van der Waals surface area contributed by atoms with E-state index in [-0.39, 0.29) is 6.03 Å². The van der Waals surface area contributed by atoms with Gasteiger partial charge in [-0.05, 0) is 37.1 Å². The average molecular weight is 409 g/mol. The minimum Gasteiger partial charge on any atom is -0.497 e. The van der Waals surface area contributed by atoms with Crippen LogP contribution in [0.25, 0.3) is 11.2 Å². The molecule has 1 aliphatic carbocycles. The van der Waals surface area contributed by atoms with E-state index in [1.165, 1.54) is 12.8 Å².